The first kappa shape index (κ1) is 20.6. The summed E-state index contributed by atoms with van der Waals surface area (Å²) in [6, 6.07) is 6.86. The summed E-state index contributed by atoms with van der Waals surface area (Å²) < 4.78 is 17.8. The van der Waals surface area contributed by atoms with E-state index in [0.29, 0.717) is 22.5 Å². The molecule has 1 saturated heterocycles. The molecule has 0 bridgehead atoms. The van der Waals surface area contributed by atoms with E-state index < -0.39 is 11.9 Å². The lowest BCUT2D eigenvalue weighted by Gasteiger charge is -2.29. The highest BCUT2D eigenvalue weighted by molar-refractivity contribution is 7.99. The van der Waals surface area contributed by atoms with E-state index in [9.17, 15) is 14.8 Å². The Hall–Kier alpha value is -3.26. The van der Waals surface area contributed by atoms with Crippen LogP contribution in [0.2, 0.25) is 0 Å². The predicted molar refractivity (Wildman–Crippen MR) is 117 cm³/mol. The summed E-state index contributed by atoms with van der Waals surface area (Å²) in [5.41, 5.74) is 3.64. The van der Waals surface area contributed by atoms with Crippen molar-refractivity contribution in [3.63, 3.8) is 0 Å². The Morgan fingerprint density at radius 2 is 2.22 bits per heavy atom. The van der Waals surface area contributed by atoms with Crippen molar-refractivity contribution in [1.82, 2.24) is 29.7 Å². The number of fused-ring (bicyclic) bond motifs is 1. The van der Waals surface area contributed by atoms with Crippen molar-refractivity contribution in [2.45, 2.75) is 35.4 Å². The fourth-order valence-corrected chi connectivity index (χ4v) is 5.07. The van der Waals surface area contributed by atoms with Gasteiger partial charge in [-0.05, 0) is 38.1 Å². The smallest absolute Gasteiger partial charge is 0.155 e. The van der Waals surface area contributed by atoms with Crippen molar-refractivity contribution in [3.8, 4) is 17.2 Å². The number of nitriles is 1. The van der Waals surface area contributed by atoms with Crippen molar-refractivity contribution >= 4 is 17.3 Å². The third kappa shape index (κ3) is 3.54. The van der Waals surface area contributed by atoms with Crippen LogP contribution in [0.15, 0.2) is 52.9 Å². The maximum Gasteiger partial charge on any atom is 0.155 e. The molecule has 1 aliphatic rings. The van der Waals surface area contributed by atoms with Gasteiger partial charge in [-0.15, -0.1) is 0 Å². The molecule has 0 radical (unpaired) electrons. The average Bonchev–Trinajstić information content (AvgIpc) is 3.39. The van der Waals surface area contributed by atoms with E-state index >= 15 is 0 Å². The van der Waals surface area contributed by atoms with E-state index in [2.05, 4.69) is 26.6 Å². The Morgan fingerprint density at radius 1 is 1.34 bits per heavy atom. The minimum Gasteiger partial charge on any atom is -0.390 e. The minimum atomic E-state index is -0.514. The molecule has 2 atom stereocenters. The van der Waals surface area contributed by atoms with Crippen molar-refractivity contribution in [3.05, 3.63) is 60.1 Å². The lowest BCUT2D eigenvalue weighted by atomic mass is 10.0. The van der Waals surface area contributed by atoms with Crippen molar-refractivity contribution in [2.75, 3.05) is 13.1 Å². The molecule has 5 heterocycles. The zero-order valence-corrected chi connectivity index (χ0v) is 18.1. The quantitative estimate of drug-likeness (QED) is 0.494. The fraction of sp³-hybridized carbons (Fsp3) is 0.273. The van der Waals surface area contributed by atoms with Crippen LogP contribution in [-0.4, -0.2) is 48.7 Å². The summed E-state index contributed by atoms with van der Waals surface area (Å²) in [6.45, 7) is 3.32. The van der Waals surface area contributed by atoms with Gasteiger partial charge in [-0.2, -0.15) is 15.5 Å². The zero-order chi connectivity index (χ0) is 22.2. The van der Waals surface area contributed by atoms with E-state index in [-0.39, 0.29) is 11.1 Å². The summed E-state index contributed by atoms with van der Waals surface area (Å²) in [5, 5.41) is 32.3. The minimum absolute atomic E-state index is 0.0971. The second-order valence-electron chi connectivity index (χ2n) is 7.66. The molecule has 1 fully saturated rings. The molecule has 4 aromatic rings. The van der Waals surface area contributed by atoms with Crippen molar-refractivity contribution in [2.24, 2.45) is 0 Å². The summed E-state index contributed by atoms with van der Waals surface area (Å²) >= 11 is 1.15. The van der Waals surface area contributed by atoms with E-state index in [0.717, 1.165) is 41.5 Å². The SMILES string of the molecule is Cc1c(-c2cc(Sc3ncccc3F)c3c(C#N)cnn3c2)cnn1[C@@H]1CCNC[C@@H]1O. The van der Waals surface area contributed by atoms with Crippen molar-refractivity contribution in [1.29, 1.82) is 5.26 Å². The summed E-state index contributed by atoms with van der Waals surface area (Å²) in [6.07, 6.45) is 6.91. The molecular weight excluding hydrogens is 429 g/mol. The molecule has 0 amide bonds. The van der Waals surface area contributed by atoms with Crippen molar-refractivity contribution < 1.29 is 9.50 Å². The topological polar surface area (TPSA) is 104 Å². The number of halogens is 1. The van der Waals surface area contributed by atoms with Crippen LogP contribution >= 0.6 is 11.8 Å². The molecule has 0 unspecified atom stereocenters. The Balaban J connectivity index is 1.62. The largest absolute Gasteiger partial charge is 0.390 e. The Labute approximate surface area is 187 Å². The van der Waals surface area contributed by atoms with Gasteiger partial charge in [0.1, 0.15) is 11.1 Å². The highest BCUT2D eigenvalue weighted by Gasteiger charge is 2.27. The molecule has 10 heteroatoms. The summed E-state index contributed by atoms with van der Waals surface area (Å²) in [4.78, 5) is 4.81. The molecule has 162 valence electrons. The molecule has 32 heavy (non-hydrogen) atoms. The first-order valence-corrected chi connectivity index (χ1v) is 11.0. The number of nitrogens with zero attached hydrogens (tertiary/aromatic N) is 6. The van der Waals surface area contributed by atoms with Crippen LogP contribution in [-0.2, 0) is 0 Å². The fourth-order valence-electron chi connectivity index (χ4n) is 4.10. The maximum absolute atomic E-state index is 14.3. The van der Waals surface area contributed by atoms with Gasteiger partial charge in [-0.3, -0.25) is 4.68 Å². The molecule has 8 nitrogen and oxygen atoms in total. The van der Waals surface area contributed by atoms with Gasteiger partial charge < -0.3 is 10.4 Å². The van der Waals surface area contributed by atoms with Gasteiger partial charge in [0.25, 0.3) is 0 Å². The molecule has 0 spiro atoms. The second-order valence-corrected chi connectivity index (χ2v) is 8.70. The van der Waals surface area contributed by atoms with Gasteiger partial charge in [0, 0.05) is 40.7 Å². The number of pyridine rings is 2. The number of nitrogens with one attached hydrogen (secondary N) is 1. The van der Waals surface area contributed by atoms with Gasteiger partial charge in [0.05, 0.1) is 35.6 Å². The van der Waals surface area contributed by atoms with Crippen LogP contribution < -0.4 is 5.32 Å². The summed E-state index contributed by atoms with van der Waals surface area (Å²) in [7, 11) is 0. The highest BCUT2D eigenvalue weighted by atomic mass is 32.2. The Bertz CT molecular complexity index is 1340. The number of aliphatic hydroxyl groups is 1. The second kappa shape index (κ2) is 8.35. The van der Waals surface area contributed by atoms with Crippen LogP contribution in [0, 0.1) is 24.1 Å². The number of aromatic nitrogens is 5. The lowest BCUT2D eigenvalue weighted by Crippen LogP contribution is -2.42. The molecule has 2 N–H and O–H groups in total. The normalized spacial score (nSPS) is 18.7. The average molecular weight is 450 g/mol. The predicted octanol–water partition coefficient (Wildman–Crippen LogP) is 2.96. The van der Waals surface area contributed by atoms with E-state index in [1.165, 1.54) is 24.5 Å². The van der Waals surface area contributed by atoms with Gasteiger partial charge in [-0.25, -0.2) is 13.9 Å². The molecule has 4 aromatic heterocycles. The van der Waals surface area contributed by atoms with Crippen LogP contribution in [0.5, 0.6) is 0 Å². The Morgan fingerprint density at radius 3 is 3.00 bits per heavy atom. The standard InChI is InChI=1S/C22H20FN7OS/c1-13-16(10-28-30(13)18-4-6-25-11-19(18)31)14-7-20(32-22-17(23)3-2-5-26-22)21-15(8-24)9-27-29(21)12-14/h2-3,5,7,9-10,12,18-19,25,31H,4,6,11H2,1H3/t18-,19+/m1/s1. The van der Waals surface area contributed by atoms with E-state index in [1.807, 2.05) is 23.9 Å². The first-order valence-electron chi connectivity index (χ1n) is 10.2. The van der Waals surface area contributed by atoms with Gasteiger partial charge in [0.15, 0.2) is 5.82 Å². The van der Waals surface area contributed by atoms with E-state index in [1.54, 1.807) is 10.7 Å². The van der Waals surface area contributed by atoms with Crippen LogP contribution in [0.25, 0.3) is 16.6 Å². The van der Waals surface area contributed by atoms with Gasteiger partial charge in [0.2, 0.25) is 0 Å². The first-order chi connectivity index (χ1) is 15.6. The maximum atomic E-state index is 14.3. The summed E-state index contributed by atoms with van der Waals surface area (Å²) in [5.74, 6) is -0.428. The number of piperidine rings is 1. The van der Waals surface area contributed by atoms with Crippen LogP contribution in [0.3, 0.4) is 0 Å². The number of rotatable bonds is 4. The van der Waals surface area contributed by atoms with Gasteiger partial charge in [-0.1, -0.05) is 11.8 Å². The number of β-amino-alcohol motifs (C(OH)–C–C–N with tert-alkyl or cyclic N) is 1. The third-order valence-electron chi connectivity index (χ3n) is 5.71. The van der Waals surface area contributed by atoms with E-state index in [4.69, 9.17) is 0 Å². The third-order valence-corrected chi connectivity index (χ3v) is 6.74. The molecule has 5 rings (SSSR count). The molecule has 0 aliphatic carbocycles. The molecule has 0 aromatic carbocycles. The lowest BCUT2D eigenvalue weighted by molar-refractivity contribution is 0.0800. The number of hydrogen-bond acceptors (Lipinski definition) is 7. The zero-order valence-electron chi connectivity index (χ0n) is 17.2. The monoisotopic (exact) mass is 449 g/mol. The Kier molecular flexibility index (Phi) is 5.38. The molecule has 1 aliphatic heterocycles. The molecule has 0 saturated carbocycles. The highest BCUT2D eigenvalue weighted by Crippen LogP contribution is 2.37. The number of aliphatic hydroxyl groups excluding tert-OH is 1. The molecular formula is C22H20FN7OS. The van der Waals surface area contributed by atoms with Crippen LogP contribution in [0.1, 0.15) is 23.7 Å². The van der Waals surface area contributed by atoms with Gasteiger partial charge >= 0.3 is 0 Å². The number of hydrogen-bond donors (Lipinski definition) is 2. The van der Waals surface area contributed by atoms with Crippen LogP contribution in [0.4, 0.5) is 4.39 Å².